The number of carbonyl (C=O) groups excluding carboxylic acids is 1. The molecule has 1 atom stereocenters. The summed E-state index contributed by atoms with van der Waals surface area (Å²) in [7, 11) is 4.01. The molecule has 2 N–H and O–H groups in total. The largest absolute Gasteiger partial charge is 0.377 e. The van der Waals surface area contributed by atoms with Gasteiger partial charge in [-0.2, -0.15) is 0 Å². The van der Waals surface area contributed by atoms with E-state index in [1.54, 1.807) is 0 Å². The van der Waals surface area contributed by atoms with Crippen LogP contribution >= 0.6 is 0 Å². The average molecular weight is 247 g/mol. The van der Waals surface area contributed by atoms with E-state index >= 15 is 0 Å². The Labute approximate surface area is 108 Å². The molecule has 1 aromatic carbocycles. The van der Waals surface area contributed by atoms with Gasteiger partial charge in [-0.05, 0) is 44.0 Å². The standard InChI is InChI=1S/C14H21N3O/c1-10-6-7-11(9-13(10)17(2)3)16-14(18)12-5-4-8-15-12/h6-7,9,12,15H,4-5,8H2,1-3H3,(H,16,18)/t12-/m0/s1. The number of aryl methyl sites for hydroxylation is 1. The Morgan fingerprint density at radius 1 is 1.44 bits per heavy atom. The number of anilines is 2. The van der Waals surface area contributed by atoms with Crippen molar-refractivity contribution < 1.29 is 4.79 Å². The monoisotopic (exact) mass is 247 g/mol. The van der Waals surface area contributed by atoms with E-state index in [1.807, 2.05) is 32.3 Å². The van der Waals surface area contributed by atoms with E-state index in [0.29, 0.717) is 0 Å². The van der Waals surface area contributed by atoms with Gasteiger partial charge < -0.3 is 15.5 Å². The first-order chi connectivity index (χ1) is 8.58. The maximum absolute atomic E-state index is 12.0. The zero-order chi connectivity index (χ0) is 13.1. The maximum atomic E-state index is 12.0. The molecular weight excluding hydrogens is 226 g/mol. The Bertz CT molecular complexity index is 437. The van der Waals surface area contributed by atoms with Crippen LogP contribution in [0, 0.1) is 6.92 Å². The van der Waals surface area contributed by atoms with E-state index in [0.717, 1.165) is 30.8 Å². The third-order valence-electron chi connectivity index (χ3n) is 3.34. The van der Waals surface area contributed by atoms with E-state index in [-0.39, 0.29) is 11.9 Å². The first kappa shape index (κ1) is 12.9. The molecule has 0 bridgehead atoms. The summed E-state index contributed by atoms with van der Waals surface area (Å²) in [6.45, 7) is 3.01. The lowest BCUT2D eigenvalue weighted by Crippen LogP contribution is -2.35. The minimum atomic E-state index is -0.0332. The van der Waals surface area contributed by atoms with Gasteiger partial charge in [0.05, 0.1) is 6.04 Å². The molecule has 18 heavy (non-hydrogen) atoms. The predicted molar refractivity (Wildman–Crippen MR) is 75.2 cm³/mol. The van der Waals surface area contributed by atoms with Gasteiger partial charge >= 0.3 is 0 Å². The van der Waals surface area contributed by atoms with Crippen LogP contribution in [0.2, 0.25) is 0 Å². The quantitative estimate of drug-likeness (QED) is 0.855. The summed E-state index contributed by atoms with van der Waals surface area (Å²) in [6.07, 6.45) is 2.01. The van der Waals surface area contributed by atoms with Gasteiger partial charge in [0.15, 0.2) is 0 Å². The number of benzene rings is 1. The Morgan fingerprint density at radius 3 is 2.83 bits per heavy atom. The topological polar surface area (TPSA) is 44.4 Å². The Hall–Kier alpha value is -1.55. The number of nitrogens with zero attached hydrogens (tertiary/aromatic N) is 1. The Kier molecular flexibility index (Phi) is 3.87. The molecule has 0 saturated carbocycles. The van der Waals surface area contributed by atoms with Crippen molar-refractivity contribution in [2.75, 3.05) is 30.9 Å². The van der Waals surface area contributed by atoms with Crippen molar-refractivity contribution >= 4 is 17.3 Å². The van der Waals surface area contributed by atoms with Crippen molar-refractivity contribution in [2.24, 2.45) is 0 Å². The first-order valence-electron chi connectivity index (χ1n) is 6.40. The highest BCUT2D eigenvalue weighted by Crippen LogP contribution is 2.22. The average Bonchev–Trinajstić information content (AvgIpc) is 2.85. The van der Waals surface area contributed by atoms with Crippen molar-refractivity contribution in [1.29, 1.82) is 0 Å². The molecule has 4 heteroatoms. The van der Waals surface area contributed by atoms with Crippen LogP contribution in [0.15, 0.2) is 18.2 Å². The summed E-state index contributed by atoms with van der Waals surface area (Å²) in [5, 5.41) is 6.18. The van der Waals surface area contributed by atoms with Crippen LogP contribution in [0.25, 0.3) is 0 Å². The van der Waals surface area contributed by atoms with Gasteiger partial charge in [0.2, 0.25) is 5.91 Å². The summed E-state index contributed by atoms with van der Waals surface area (Å²) in [4.78, 5) is 14.0. The van der Waals surface area contributed by atoms with Crippen molar-refractivity contribution in [3.05, 3.63) is 23.8 Å². The first-order valence-corrected chi connectivity index (χ1v) is 6.40. The SMILES string of the molecule is Cc1ccc(NC(=O)[C@@H]2CCCN2)cc1N(C)C. The van der Waals surface area contributed by atoms with E-state index in [9.17, 15) is 4.79 Å². The van der Waals surface area contributed by atoms with Gasteiger partial charge in [0.25, 0.3) is 0 Å². The van der Waals surface area contributed by atoms with Crippen LogP contribution in [0.3, 0.4) is 0 Å². The fourth-order valence-electron chi connectivity index (χ4n) is 2.31. The van der Waals surface area contributed by atoms with Crippen molar-refractivity contribution in [1.82, 2.24) is 5.32 Å². The van der Waals surface area contributed by atoms with Gasteiger partial charge in [0.1, 0.15) is 0 Å². The summed E-state index contributed by atoms with van der Waals surface area (Å²) in [5.74, 6) is 0.0704. The molecule has 1 aromatic rings. The molecule has 1 saturated heterocycles. The molecule has 1 fully saturated rings. The molecule has 0 aromatic heterocycles. The third kappa shape index (κ3) is 2.82. The number of amides is 1. The lowest BCUT2D eigenvalue weighted by atomic mass is 10.1. The summed E-state index contributed by atoms with van der Waals surface area (Å²) in [5.41, 5.74) is 3.20. The molecule has 0 spiro atoms. The number of hydrogen-bond acceptors (Lipinski definition) is 3. The molecular formula is C14H21N3O. The predicted octanol–water partition coefficient (Wildman–Crippen LogP) is 1.75. The molecule has 98 valence electrons. The van der Waals surface area contributed by atoms with Crippen LogP contribution in [0.4, 0.5) is 11.4 Å². The van der Waals surface area contributed by atoms with E-state index in [2.05, 4.69) is 22.5 Å². The molecule has 0 aliphatic carbocycles. The second kappa shape index (κ2) is 5.40. The maximum Gasteiger partial charge on any atom is 0.241 e. The highest BCUT2D eigenvalue weighted by molar-refractivity contribution is 5.95. The molecule has 1 heterocycles. The number of nitrogens with one attached hydrogen (secondary N) is 2. The zero-order valence-electron chi connectivity index (χ0n) is 11.3. The fourth-order valence-corrected chi connectivity index (χ4v) is 2.31. The van der Waals surface area contributed by atoms with Crippen LogP contribution < -0.4 is 15.5 Å². The molecule has 1 aliphatic heterocycles. The van der Waals surface area contributed by atoms with Crippen molar-refractivity contribution in [3.8, 4) is 0 Å². The number of hydrogen-bond donors (Lipinski definition) is 2. The molecule has 1 amide bonds. The second-order valence-electron chi connectivity index (χ2n) is 5.03. The second-order valence-corrected chi connectivity index (χ2v) is 5.03. The Morgan fingerprint density at radius 2 is 2.22 bits per heavy atom. The summed E-state index contributed by atoms with van der Waals surface area (Å²) in [6, 6.07) is 5.97. The molecule has 2 rings (SSSR count). The lowest BCUT2D eigenvalue weighted by molar-refractivity contribution is -0.117. The molecule has 1 aliphatic rings. The molecule has 0 unspecified atom stereocenters. The smallest absolute Gasteiger partial charge is 0.241 e. The summed E-state index contributed by atoms with van der Waals surface area (Å²) < 4.78 is 0. The van der Waals surface area contributed by atoms with Gasteiger partial charge in [-0.1, -0.05) is 6.07 Å². The van der Waals surface area contributed by atoms with Crippen molar-refractivity contribution in [2.45, 2.75) is 25.8 Å². The number of carbonyl (C=O) groups is 1. The van der Waals surface area contributed by atoms with Gasteiger partial charge in [-0.15, -0.1) is 0 Å². The van der Waals surface area contributed by atoms with Crippen molar-refractivity contribution in [3.63, 3.8) is 0 Å². The minimum absolute atomic E-state index is 0.0332. The van der Waals surface area contributed by atoms with Gasteiger partial charge in [-0.25, -0.2) is 0 Å². The summed E-state index contributed by atoms with van der Waals surface area (Å²) >= 11 is 0. The Balaban J connectivity index is 2.09. The fraction of sp³-hybridized carbons (Fsp3) is 0.500. The normalized spacial score (nSPS) is 18.7. The molecule has 0 radical (unpaired) electrons. The van der Waals surface area contributed by atoms with E-state index in [1.165, 1.54) is 5.56 Å². The zero-order valence-corrected chi connectivity index (χ0v) is 11.3. The van der Waals surface area contributed by atoms with Gasteiger partial charge in [-0.3, -0.25) is 4.79 Å². The minimum Gasteiger partial charge on any atom is -0.377 e. The number of rotatable bonds is 3. The van der Waals surface area contributed by atoms with Crippen LogP contribution in [-0.2, 0) is 4.79 Å². The lowest BCUT2D eigenvalue weighted by Gasteiger charge is -2.18. The van der Waals surface area contributed by atoms with Crippen LogP contribution in [-0.4, -0.2) is 32.6 Å². The highest BCUT2D eigenvalue weighted by Gasteiger charge is 2.21. The van der Waals surface area contributed by atoms with Crippen LogP contribution in [0.1, 0.15) is 18.4 Å². The van der Waals surface area contributed by atoms with Gasteiger partial charge in [0, 0.05) is 25.5 Å². The van der Waals surface area contributed by atoms with E-state index < -0.39 is 0 Å². The molecule has 4 nitrogen and oxygen atoms in total. The third-order valence-corrected chi connectivity index (χ3v) is 3.34. The van der Waals surface area contributed by atoms with E-state index in [4.69, 9.17) is 0 Å². The highest BCUT2D eigenvalue weighted by atomic mass is 16.2. The van der Waals surface area contributed by atoms with Crippen LogP contribution in [0.5, 0.6) is 0 Å².